The second-order valence-electron chi connectivity index (χ2n) is 4.41. The average molecular weight is 307 g/mol. The van der Waals surface area contributed by atoms with E-state index in [1.54, 1.807) is 0 Å². The predicted octanol–water partition coefficient (Wildman–Crippen LogP) is -0.179. The molecule has 0 unspecified atom stereocenters. The van der Waals surface area contributed by atoms with Crippen LogP contribution in [-0.4, -0.2) is 31.2 Å². The van der Waals surface area contributed by atoms with Crippen LogP contribution >= 0.6 is 0 Å². The summed E-state index contributed by atoms with van der Waals surface area (Å²) in [7, 11) is 0. The molecule has 0 bridgehead atoms. The van der Waals surface area contributed by atoms with E-state index >= 15 is 0 Å². The minimum Gasteiger partial charge on any atom is -0.476 e. The van der Waals surface area contributed by atoms with E-state index in [-0.39, 0.29) is 5.69 Å². The van der Waals surface area contributed by atoms with Crippen LogP contribution in [0, 0.1) is 5.82 Å². The summed E-state index contributed by atoms with van der Waals surface area (Å²) in [4.78, 5) is 46.5. The Balaban J connectivity index is 2.81. The largest absolute Gasteiger partial charge is 0.476 e. The highest BCUT2D eigenvalue weighted by Crippen LogP contribution is 2.04. The molecule has 0 atom stereocenters. The number of ketones is 1. The molecule has 0 fully saturated rings. The van der Waals surface area contributed by atoms with Crippen molar-refractivity contribution >= 4 is 11.8 Å². The van der Waals surface area contributed by atoms with Crippen LogP contribution in [0.25, 0.3) is 5.69 Å². The summed E-state index contributed by atoms with van der Waals surface area (Å²) >= 11 is 0. The number of nitrogens with zero attached hydrogens (tertiary/aromatic N) is 3. The van der Waals surface area contributed by atoms with Gasteiger partial charge in [0.25, 0.3) is 5.56 Å². The lowest BCUT2D eigenvalue weighted by atomic mass is 10.3. The van der Waals surface area contributed by atoms with Crippen molar-refractivity contribution in [2.24, 2.45) is 0 Å². The molecule has 0 aliphatic heterocycles. The highest BCUT2D eigenvalue weighted by molar-refractivity contribution is 5.84. The quantitative estimate of drug-likeness (QED) is 0.838. The van der Waals surface area contributed by atoms with Gasteiger partial charge in [0.05, 0.1) is 5.69 Å². The van der Waals surface area contributed by atoms with E-state index in [0.29, 0.717) is 9.25 Å². The Kier molecular flexibility index (Phi) is 3.97. The van der Waals surface area contributed by atoms with Crippen LogP contribution in [0.1, 0.15) is 17.4 Å². The number of aromatic nitrogens is 3. The van der Waals surface area contributed by atoms with Crippen LogP contribution in [0.3, 0.4) is 0 Å². The number of rotatable bonds is 4. The highest BCUT2D eigenvalue weighted by atomic mass is 19.1. The van der Waals surface area contributed by atoms with E-state index in [4.69, 9.17) is 5.11 Å². The molecule has 2 aromatic rings. The Morgan fingerprint density at radius 3 is 2.32 bits per heavy atom. The third-order valence-corrected chi connectivity index (χ3v) is 2.70. The van der Waals surface area contributed by atoms with Crippen molar-refractivity contribution in [1.29, 1.82) is 0 Å². The summed E-state index contributed by atoms with van der Waals surface area (Å²) < 4.78 is 14.0. The third-order valence-electron chi connectivity index (χ3n) is 2.70. The standard InChI is InChI=1S/C13H10FN3O5/c1-7(18)6-16-13(22)17(9-4-2-8(14)3-5-9)11(19)10(15-16)12(20)21/h2-5H,6H2,1H3,(H,20,21). The zero-order chi connectivity index (χ0) is 16.4. The number of Topliss-reactive ketones (excluding diaryl/α,β-unsaturated/α-hetero) is 1. The summed E-state index contributed by atoms with van der Waals surface area (Å²) in [6, 6.07) is 4.30. The summed E-state index contributed by atoms with van der Waals surface area (Å²) in [5, 5.41) is 12.4. The normalized spacial score (nSPS) is 10.5. The molecule has 0 saturated carbocycles. The molecule has 1 aromatic carbocycles. The maximum absolute atomic E-state index is 12.9. The van der Waals surface area contributed by atoms with Gasteiger partial charge in [0.15, 0.2) is 5.78 Å². The maximum atomic E-state index is 12.9. The lowest BCUT2D eigenvalue weighted by Gasteiger charge is -2.09. The first kappa shape index (κ1) is 15.3. The lowest BCUT2D eigenvalue weighted by molar-refractivity contribution is -0.117. The molecule has 2 rings (SSSR count). The molecule has 114 valence electrons. The van der Waals surface area contributed by atoms with Crippen LogP contribution in [0.5, 0.6) is 0 Å². The first-order chi connectivity index (χ1) is 10.3. The average Bonchev–Trinajstić information content (AvgIpc) is 2.43. The van der Waals surface area contributed by atoms with Crippen molar-refractivity contribution in [3.05, 3.63) is 56.6 Å². The fourth-order valence-electron chi connectivity index (χ4n) is 1.78. The van der Waals surface area contributed by atoms with Crippen LogP contribution in [0.2, 0.25) is 0 Å². The molecule has 0 saturated heterocycles. The summed E-state index contributed by atoms with van der Waals surface area (Å²) in [6.07, 6.45) is 0. The van der Waals surface area contributed by atoms with Gasteiger partial charge >= 0.3 is 11.7 Å². The topological polar surface area (TPSA) is 111 Å². The van der Waals surface area contributed by atoms with Crippen LogP contribution in [-0.2, 0) is 11.3 Å². The van der Waals surface area contributed by atoms with E-state index in [0.717, 1.165) is 24.3 Å². The number of carboxylic acids is 1. The molecule has 8 nitrogen and oxygen atoms in total. The maximum Gasteiger partial charge on any atom is 0.362 e. The van der Waals surface area contributed by atoms with Gasteiger partial charge in [-0.3, -0.25) is 9.59 Å². The fourth-order valence-corrected chi connectivity index (χ4v) is 1.78. The van der Waals surface area contributed by atoms with Crippen molar-refractivity contribution < 1.29 is 19.1 Å². The van der Waals surface area contributed by atoms with E-state index in [1.807, 2.05) is 0 Å². The zero-order valence-electron chi connectivity index (χ0n) is 11.3. The van der Waals surface area contributed by atoms with Gasteiger partial charge in [-0.2, -0.15) is 5.10 Å². The fraction of sp³-hybridized carbons (Fsp3) is 0.154. The van der Waals surface area contributed by atoms with Gasteiger partial charge in [-0.1, -0.05) is 0 Å². The molecular formula is C13H10FN3O5. The number of hydrogen-bond donors (Lipinski definition) is 1. The molecule has 0 spiro atoms. The van der Waals surface area contributed by atoms with Crippen LogP contribution < -0.4 is 11.2 Å². The van der Waals surface area contributed by atoms with Crippen molar-refractivity contribution in [3.63, 3.8) is 0 Å². The minimum atomic E-state index is -1.64. The van der Waals surface area contributed by atoms with Gasteiger partial charge in [0, 0.05) is 0 Å². The molecular weight excluding hydrogens is 297 g/mol. The molecule has 0 aliphatic rings. The molecule has 1 N–H and O–H groups in total. The molecule has 1 heterocycles. The van der Waals surface area contributed by atoms with Crippen molar-refractivity contribution in [2.45, 2.75) is 13.5 Å². The molecule has 9 heteroatoms. The van der Waals surface area contributed by atoms with Gasteiger partial charge in [-0.15, -0.1) is 0 Å². The number of carbonyl (C=O) groups excluding carboxylic acids is 1. The second-order valence-corrected chi connectivity index (χ2v) is 4.41. The summed E-state index contributed by atoms with van der Waals surface area (Å²) in [6.45, 7) is 0.697. The number of carbonyl (C=O) groups is 2. The Hall–Kier alpha value is -3.10. The summed E-state index contributed by atoms with van der Waals surface area (Å²) in [5.41, 5.74) is -3.09. The smallest absolute Gasteiger partial charge is 0.362 e. The third kappa shape index (κ3) is 2.82. The van der Waals surface area contributed by atoms with Gasteiger partial charge in [-0.05, 0) is 31.2 Å². The second kappa shape index (κ2) is 5.72. The van der Waals surface area contributed by atoms with Crippen molar-refractivity contribution in [3.8, 4) is 5.69 Å². The van der Waals surface area contributed by atoms with Gasteiger partial charge in [0.1, 0.15) is 12.4 Å². The first-order valence-electron chi connectivity index (χ1n) is 6.04. The Bertz CT molecular complexity index is 867. The van der Waals surface area contributed by atoms with Gasteiger partial charge < -0.3 is 5.11 Å². The number of aromatic carboxylic acids is 1. The molecule has 22 heavy (non-hydrogen) atoms. The summed E-state index contributed by atoms with van der Waals surface area (Å²) in [5.74, 6) is -2.68. The number of halogens is 1. The van der Waals surface area contributed by atoms with E-state index in [2.05, 4.69) is 5.10 Å². The SMILES string of the molecule is CC(=O)Cn1nc(C(=O)O)c(=O)n(-c2ccc(F)cc2)c1=O. The number of carboxylic acid groups (broad SMARTS) is 1. The van der Waals surface area contributed by atoms with Crippen LogP contribution in [0.15, 0.2) is 33.9 Å². The highest BCUT2D eigenvalue weighted by Gasteiger charge is 2.20. The van der Waals surface area contributed by atoms with E-state index < -0.39 is 41.1 Å². The zero-order valence-corrected chi connectivity index (χ0v) is 11.3. The monoisotopic (exact) mass is 307 g/mol. The number of benzene rings is 1. The Labute approximate surface area is 122 Å². The lowest BCUT2D eigenvalue weighted by Crippen LogP contribution is -2.44. The Morgan fingerprint density at radius 2 is 1.82 bits per heavy atom. The molecule has 0 radical (unpaired) electrons. The van der Waals surface area contributed by atoms with E-state index in [1.165, 1.54) is 6.92 Å². The Morgan fingerprint density at radius 1 is 1.23 bits per heavy atom. The van der Waals surface area contributed by atoms with Crippen LogP contribution in [0.4, 0.5) is 4.39 Å². The van der Waals surface area contributed by atoms with E-state index in [9.17, 15) is 23.6 Å². The first-order valence-corrected chi connectivity index (χ1v) is 6.04. The molecule has 1 aromatic heterocycles. The van der Waals surface area contributed by atoms with Crippen molar-refractivity contribution in [1.82, 2.24) is 14.3 Å². The molecule has 0 amide bonds. The minimum absolute atomic E-state index is 0.0291. The number of hydrogen-bond acceptors (Lipinski definition) is 5. The van der Waals surface area contributed by atoms with Gasteiger partial charge in [0.2, 0.25) is 5.69 Å². The molecule has 0 aliphatic carbocycles. The predicted molar refractivity (Wildman–Crippen MR) is 71.7 cm³/mol. The van der Waals surface area contributed by atoms with Gasteiger partial charge in [-0.25, -0.2) is 23.2 Å². The van der Waals surface area contributed by atoms with Crippen molar-refractivity contribution in [2.75, 3.05) is 0 Å².